The van der Waals surface area contributed by atoms with Gasteiger partial charge in [0.1, 0.15) is 0 Å². The Bertz CT molecular complexity index is 387. The fraction of sp³-hybridized carbons (Fsp3) is 0.571. The fourth-order valence-corrected chi connectivity index (χ4v) is 2.24. The molecule has 4 nitrogen and oxygen atoms in total. The molecule has 1 heterocycles. The maximum Gasteiger partial charge on any atom is 0.220 e. The van der Waals surface area contributed by atoms with Gasteiger partial charge in [0.15, 0.2) is 5.78 Å². The van der Waals surface area contributed by atoms with Crippen molar-refractivity contribution in [3.8, 4) is 0 Å². The van der Waals surface area contributed by atoms with Crippen LogP contribution in [0.2, 0.25) is 0 Å². The van der Waals surface area contributed by atoms with Gasteiger partial charge in [-0.1, -0.05) is 6.07 Å². The lowest BCUT2D eigenvalue weighted by molar-refractivity contribution is -0.121. The van der Waals surface area contributed by atoms with Gasteiger partial charge < -0.3 is 10.1 Å². The maximum absolute atomic E-state index is 11.7. The van der Waals surface area contributed by atoms with Crippen LogP contribution in [0.3, 0.4) is 0 Å². The lowest BCUT2D eigenvalue weighted by Crippen LogP contribution is -2.27. The van der Waals surface area contributed by atoms with Crippen molar-refractivity contribution in [2.75, 3.05) is 13.2 Å². The van der Waals surface area contributed by atoms with E-state index in [4.69, 9.17) is 4.74 Å². The van der Waals surface area contributed by atoms with Crippen LogP contribution < -0.4 is 5.32 Å². The van der Waals surface area contributed by atoms with Gasteiger partial charge in [-0.25, -0.2) is 0 Å². The van der Waals surface area contributed by atoms with Gasteiger partial charge in [-0.05, 0) is 31.7 Å². The number of rotatable bonds is 9. The van der Waals surface area contributed by atoms with E-state index in [0.29, 0.717) is 32.4 Å². The van der Waals surface area contributed by atoms with E-state index in [-0.39, 0.29) is 17.8 Å². The third kappa shape index (κ3) is 7.08. The number of nitrogens with one attached hydrogen (secondary N) is 1. The number of ether oxygens (including phenoxy) is 1. The normalized spacial score (nSPS) is 10.7. The first-order valence-corrected chi connectivity index (χ1v) is 7.42. The lowest BCUT2D eigenvalue weighted by Gasteiger charge is -2.08. The van der Waals surface area contributed by atoms with Crippen molar-refractivity contribution < 1.29 is 14.3 Å². The highest BCUT2D eigenvalue weighted by atomic mass is 32.1. The van der Waals surface area contributed by atoms with Crippen molar-refractivity contribution >= 4 is 23.0 Å². The summed E-state index contributed by atoms with van der Waals surface area (Å²) in [6.45, 7) is 4.96. The predicted octanol–water partition coefficient (Wildman–Crippen LogP) is 2.64. The summed E-state index contributed by atoms with van der Waals surface area (Å²) in [4.78, 5) is 23.9. The van der Waals surface area contributed by atoms with Gasteiger partial charge in [0, 0.05) is 19.4 Å². The summed E-state index contributed by atoms with van der Waals surface area (Å²) in [5.74, 6) is 0.0947. The number of carbonyl (C=O) groups is 2. The smallest absolute Gasteiger partial charge is 0.220 e. The van der Waals surface area contributed by atoms with Crippen molar-refractivity contribution in [2.24, 2.45) is 0 Å². The first-order chi connectivity index (χ1) is 9.09. The molecule has 19 heavy (non-hydrogen) atoms. The summed E-state index contributed by atoms with van der Waals surface area (Å²) < 4.78 is 5.32. The Morgan fingerprint density at radius 2 is 2.16 bits per heavy atom. The number of ketones is 1. The molecule has 1 rings (SSSR count). The van der Waals surface area contributed by atoms with Gasteiger partial charge in [-0.3, -0.25) is 9.59 Å². The average Bonchev–Trinajstić information content (AvgIpc) is 2.88. The Hall–Kier alpha value is -1.20. The summed E-state index contributed by atoms with van der Waals surface area (Å²) in [5.41, 5.74) is 0. The minimum Gasteiger partial charge on any atom is -0.377 e. The number of amides is 1. The highest BCUT2D eigenvalue weighted by Crippen LogP contribution is 2.12. The molecule has 5 heteroatoms. The lowest BCUT2D eigenvalue weighted by atomic mass is 10.1. The zero-order valence-corrected chi connectivity index (χ0v) is 12.3. The third-order valence-electron chi connectivity index (χ3n) is 2.48. The molecular weight excluding hydrogens is 262 g/mol. The van der Waals surface area contributed by atoms with Crippen LogP contribution in [0.1, 0.15) is 42.8 Å². The van der Waals surface area contributed by atoms with Gasteiger partial charge >= 0.3 is 0 Å². The molecule has 0 saturated carbocycles. The van der Waals surface area contributed by atoms with Crippen LogP contribution in [0.15, 0.2) is 17.5 Å². The third-order valence-corrected chi connectivity index (χ3v) is 3.39. The van der Waals surface area contributed by atoms with Crippen LogP contribution in [-0.4, -0.2) is 30.9 Å². The van der Waals surface area contributed by atoms with Crippen LogP contribution in [0, 0.1) is 0 Å². The Balaban J connectivity index is 2.06. The highest BCUT2D eigenvalue weighted by Gasteiger charge is 2.08. The number of carbonyl (C=O) groups excluding carboxylic acids is 2. The predicted molar refractivity (Wildman–Crippen MR) is 76.6 cm³/mol. The molecule has 1 aromatic rings. The van der Waals surface area contributed by atoms with Gasteiger partial charge in [-0.2, -0.15) is 0 Å². The van der Waals surface area contributed by atoms with Crippen molar-refractivity contribution in [1.82, 2.24) is 5.32 Å². The SMILES string of the molecule is CC(C)OCCNC(=O)CCCC(=O)c1cccs1. The Kier molecular flexibility index (Phi) is 7.36. The maximum atomic E-state index is 11.7. The molecule has 1 aromatic heterocycles. The minimum absolute atomic E-state index is 0.0219. The van der Waals surface area contributed by atoms with E-state index in [1.807, 2.05) is 31.4 Å². The van der Waals surface area contributed by atoms with Crippen LogP contribution in [-0.2, 0) is 9.53 Å². The van der Waals surface area contributed by atoms with E-state index in [1.165, 1.54) is 11.3 Å². The van der Waals surface area contributed by atoms with Crippen LogP contribution in [0.25, 0.3) is 0 Å². The van der Waals surface area contributed by atoms with Crippen molar-refractivity contribution in [3.05, 3.63) is 22.4 Å². The van der Waals surface area contributed by atoms with E-state index in [1.54, 1.807) is 0 Å². The Morgan fingerprint density at radius 1 is 1.37 bits per heavy atom. The summed E-state index contributed by atoms with van der Waals surface area (Å²) in [6.07, 6.45) is 1.59. The van der Waals surface area contributed by atoms with Gasteiger partial charge in [0.25, 0.3) is 0 Å². The second-order valence-corrected chi connectivity index (χ2v) is 5.47. The Labute approximate surface area is 118 Å². The van der Waals surface area contributed by atoms with Crippen LogP contribution in [0.4, 0.5) is 0 Å². The molecule has 0 aliphatic heterocycles. The number of thiophene rings is 1. The van der Waals surface area contributed by atoms with E-state index >= 15 is 0 Å². The molecule has 0 fully saturated rings. The molecule has 0 aliphatic rings. The molecular formula is C14H21NO3S. The first-order valence-electron chi connectivity index (χ1n) is 6.54. The van der Waals surface area contributed by atoms with E-state index in [9.17, 15) is 9.59 Å². The van der Waals surface area contributed by atoms with E-state index in [0.717, 1.165) is 4.88 Å². The summed E-state index contributed by atoms with van der Waals surface area (Å²) in [5, 5.41) is 4.66. The van der Waals surface area contributed by atoms with Gasteiger partial charge in [0.2, 0.25) is 5.91 Å². The molecule has 0 radical (unpaired) electrons. The zero-order chi connectivity index (χ0) is 14.1. The van der Waals surface area contributed by atoms with E-state index in [2.05, 4.69) is 5.32 Å². The average molecular weight is 283 g/mol. The Morgan fingerprint density at radius 3 is 2.79 bits per heavy atom. The second kappa shape index (κ2) is 8.82. The number of hydrogen-bond donors (Lipinski definition) is 1. The molecule has 0 spiro atoms. The summed E-state index contributed by atoms with van der Waals surface area (Å²) >= 11 is 1.44. The van der Waals surface area contributed by atoms with Crippen LogP contribution >= 0.6 is 11.3 Å². The largest absolute Gasteiger partial charge is 0.377 e. The molecule has 1 amide bonds. The minimum atomic E-state index is -0.0219. The second-order valence-electron chi connectivity index (χ2n) is 4.52. The van der Waals surface area contributed by atoms with Crippen molar-refractivity contribution in [1.29, 1.82) is 0 Å². The summed E-state index contributed by atoms with van der Waals surface area (Å²) in [6, 6.07) is 3.68. The zero-order valence-electron chi connectivity index (χ0n) is 11.5. The van der Waals surface area contributed by atoms with Crippen LogP contribution in [0.5, 0.6) is 0 Å². The first kappa shape index (κ1) is 15.9. The molecule has 0 saturated heterocycles. The topological polar surface area (TPSA) is 55.4 Å². The summed E-state index contributed by atoms with van der Waals surface area (Å²) in [7, 11) is 0. The molecule has 0 unspecified atom stereocenters. The molecule has 0 aliphatic carbocycles. The van der Waals surface area contributed by atoms with Crippen molar-refractivity contribution in [2.45, 2.75) is 39.2 Å². The van der Waals surface area contributed by atoms with Gasteiger partial charge in [0.05, 0.1) is 17.6 Å². The number of hydrogen-bond acceptors (Lipinski definition) is 4. The quantitative estimate of drug-likeness (QED) is 0.560. The molecule has 1 N–H and O–H groups in total. The number of Topliss-reactive ketones (excluding diaryl/α,β-unsaturated/α-hetero) is 1. The highest BCUT2D eigenvalue weighted by molar-refractivity contribution is 7.12. The van der Waals surface area contributed by atoms with E-state index < -0.39 is 0 Å². The standard InChI is InChI=1S/C14H21NO3S/c1-11(2)18-9-8-15-14(17)7-3-5-12(16)13-6-4-10-19-13/h4,6,10-11H,3,5,7-9H2,1-2H3,(H,15,17). The molecule has 0 aromatic carbocycles. The van der Waals surface area contributed by atoms with Crippen molar-refractivity contribution in [3.63, 3.8) is 0 Å². The molecule has 0 bridgehead atoms. The monoisotopic (exact) mass is 283 g/mol. The molecule has 106 valence electrons. The fourth-order valence-electron chi connectivity index (χ4n) is 1.54. The van der Waals surface area contributed by atoms with Gasteiger partial charge in [-0.15, -0.1) is 11.3 Å². The molecule has 0 atom stereocenters.